The summed E-state index contributed by atoms with van der Waals surface area (Å²) in [7, 11) is 0. The number of non-ortho nitro benzene ring substituents is 1. The van der Waals surface area contributed by atoms with Crippen LogP contribution in [0, 0.1) is 10.1 Å². The highest BCUT2D eigenvalue weighted by Gasteiger charge is 2.16. The van der Waals surface area contributed by atoms with Gasteiger partial charge in [0.2, 0.25) is 0 Å². The number of para-hydroxylation sites is 1. The van der Waals surface area contributed by atoms with Gasteiger partial charge in [0.15, 0.2) is 6.10 Å². The lowest BCUT2D eigenvalue weighted by atomic mass is 10.1. The molecular weight excluding hydrogens is 399 g/mol. The molecule has 0 saturated carbocycles. The molecule has 0 bridgehead atoms. The van der Waals surface area contributed by atoms with Gasteiger partial charge in [-0.1, -0.05) is 39.6 Å². The Kier molecular flexibility index (Phi) is 4.18. The topological polar surface area (TPSA) is 83.1 Å². The average Bonchev–Trinajstić information content (AvgIpc) is 2.96. The Morgan fingerprint density at radius 2 is 1.95 bits per heavy atom. The van der Waals surface area contributed by atoms with Crippen LogP contribution in [-0.2, 0) is 0 Å². The van der Waals surface area contributed by atoms with Gasteiger partial charge in [-0.3, -0.25) is 10.1 Å². The predicted octanol–water partition coefficient (Wildman–Crippen LogP) is 2.94. The van der Waals surface area contributed by atoms with Crippen molar-refractivity contribution in [3.05, 3.63) is 64.2 Å². The summed E-state index contributed by atoms with van der Waals surface area (Å²) in [6, 6.07) is 13.8. The summed E-state index contributed by atoms with van der Waals surface area (Å²) < 4.78 is 0.670. The molecule has 0 aliphatic carbocycles. The Labute approximate surface area is 139 Å². The number of hydrogen-bond donors (Lipinski definition) is 0. The Bertz CT molecular complexity index is 803. The number of hydrogen-bond acceptors (Lipinski definition) is 5. The van der Waals surface area contributed by atoms with E-state index in [0.29, 0.717) is 4.43 Å². The van der Waals surface area contributed by atoms with Crippen molar-refractivity contribution in [2.24, 2.45) is 0 Å². The number of alkyl halides is 1. The van der Waals surface area contributed by atoms with Crippen molar-refractivity contribution in [1.29, 1.82) is 0 Å². The van der Waals surface area contributed by atoms with Crippen LogP contribution in [-0.4, -0.2) is 24.5 Å². The fourth-order valence-corrected chi connectivity index (χ4v) is 2.70. The molecule has 0 radical (unpaired) electrons. The van der Waals surface area contributed by atoms with Crippen LogP contribution in [0.25, 0.3) is 11.0 Å². The quantitative estimate of drug-likeness (QED) is 0.280. The lowest BCUT2D eigenvalue weighted by molar-refractivity contribution is -0.384. The number of halogens is 1. The van der Waals surface area contributed by atoms with Gasteiger partial charge in [-0.2, -0.15) is 0 Å². The van der Waals surface area contributed by atoms with Crippen LogP contribution in [0.3, 0.4) is 0 Å². The molecule has 1 atom stereocenters. The second kappa shape index (κ2) is 6.26. The maximum atomic E-state index is 10.7. The van der Waals surface area contributed by atoms with Gasteiger partial charge in [-0.05, 0) is 35.0 Å². The second-order valence-electron chi connectivity index (χ2n) is 4.55. The monoisotopic (exact) mass is 410 g/mol. The number of nitrogens with zero attached hydrogens (tertiary/aromatic N) is 4. The fourth-order valence-electron chi connectivity index (χ4n) is 2.03. The second-order valence-corrected chi connectivity index (χ2v) is 5.43. The van der Waals surface area contributed by atoms with Gasteiger partial charge in [0.25, 0.3) is 5.69 Å². The van der Waals surface area contributed by atoms with Crippen LogP contribution >= 0.6 is 22.6 Å². The standard InChI is InChI=1S/C14H11IN4O3/c15-9-14(10-5-7-11(8-6-10)19(20)21)22-18-13-4-2-1-3-12(13)16-17-18/h1-8,14H,9H2/t14-/m0/s1. The molecule has 7 nitrogen and oxygen atoms in total. The summed E-state index contributed by atoms with van der Waals surface area (Å²) in [6.45, 7) is 0. The average molecular weight is 410 g/mol. The van der Waals surface area contributed by atoms with E-state index >= 15 is 0 Å². The molecule has 0 unspecified atom stereocenters. The number of benzene rings is 2. The molecule has 0 saturated heterocycles. The van der Waals surface area contributed by atoms with Gasteiger partial charge in [0.1, 0.15) is 11.0 Å². The van der Waals surface area contributed by atoms with Crippen molar-refractivity contribution in [3.63, 3.8) is 0 Å². The van der Waals surface area contributed by atoms with E-state index in [1.807, 2.05) is 24.3 Å². The third kappa shape index (κ3) is 2.86. The molecule has 2 aromatic carbocycles. The number of nitro groups is 1. The van der Waals surface area contributed by atoms with Crippen LogP contribution in [0.15, 0.2) is 48.5 Å². The van der Waals surface area contributed by atoms with Gasteiger partial charge >= 0.3 is 0 Å². The Balaban J connectivity index is 1.86. The minimum Gasteiger partial charge on any atom is -0.386 e. The van der Waals surface area contributed by atoms with Crippen LogP contribution in [0.2, 0.25) is 0 Å². The smallest absolute Gasteiger partial charge is 0.269 e. The van der Waals surface area contributed by atoms with E-state index in [1.54, 1.807) is 12.1 Å². The highest BCUT2D eigenvalue weighted by Crippen LogP contribution is 2.21. The minimum absolute atomic E-state index is 0.0576. The van der Waals surface area contributed by atoms with Crippen molar-refractivity contribution in [2.45, 2.75) is 6.10 Å². The molecule has 1 heterocycles. The molecule has 3 rings (SSSR count). The van der Waals surface area contributed by atoms with Crippen molar-refractivity contribution in [2.75, 3.05) is 4.43 Å². The third-order valence-corrected chi connectivity index (χ3v) is 3.96. The van der Waals surface area contributed by atoms with E-state index < -0.39 is 4.92 Å². The Morgan fingerprint density at radius 3 is 2.64 bits per heavy atom. The van der Waals surface area contributed by atoms with Crippen molar-refractivity contribution in [1.82, 2.24) is 15.2 Å². The van der Waals surface area contributed by atoms with Crippen molar-refractivity contribution in [3.8, 4) is 0 Å². The predicted molar refractivity (Wildman–Crippen MR) is 88.8 cm³/mol. The summed E-state index contributed by atoms with van der Waals surface area (Å²) in [5.74, 6) is 0. The number of rotatable bonds is 5. The Morgan fingerprint density at radius 1 is 1.23 bits per heavy atom. The highest BCUT2D eigenvalue weighted by atomic mass is 127. The maximum Gasteiger partial charge on any atom is 0.269 e. The van der Waals surface area contributed by atoms with Crippen molar-refractivity contribution >= 4 is 39.3 Å². The van der Waals surface area contributed by atoms with E-state index in [4.69, 9.17) is 4.84 Å². The van der Waals surface area contributed by atoms with Gasteiger partial charge in [-0.15, -0.1) is 5.10 Å². The molecule has 112 valence electrons. The normalized spacial score (nSPS) is 12.2. The summed E-state index contributed by atoms with van der Waals surface area (Å²) in [5.41, 5.74) is 2.43. The SMILES string of the molecule is O=[N+]([O-])c1ccc([C@H](CI)On2nnc3ccccc32)cc1. The first-order valence-electron chi connectivity index (χ1n) is 6.47. The molecule has 0 N–H and O–H groups in total. The molecule has 3 aromatic rings. The molecule has 0 spiro atoms. The van der Waals surface area contributed by atoms with E-state index in [2.05, 4.69) is 32.9 Å². The number of nitro benzene ring substituents is 1. The summed E-state index contributed by atoms with van der Waals surface area (Å²) in [6.07, 6.45) is -0.272. The zero-order valence-electron chi connectivity index (χ0n) is 11.3. The van der Waals surface area contributed by atoms with Gasteiger partial charge in [0.05, 0.1) is 4.92 Å². The first-order chi connectivity index (χ1) is 10.7. The van der Waals surface area contributed by atoms with Gasteiger partial charge in [0, 0.05) is 16.6 Å². The lowest BCUT2D eigenvalue weighted by Gasteiger charge is -2.16. The molecule has 0 aliphatic rings. The zero-order valence-corrected chi connectivity index (χ0v) is 13.5. The zero-order chi connectivity index (χ0) is 15.5. The first-order valence-corrected chi connectivity index (χ1v) is 7.99. The Hall–Kier alpha value is -2.23. The fraction of sp³-hybridized carbons (Fsp3) is 0.143. The van der Waals surface area contributed by atoms with Gasteiger partial charge in [-0.25, -0.2) is 0 Å². The van der Waals surface area contributed by atoms with E-state index in [0.717, 1.165) is 16.6 Å². The first kappa shape index (κ1) is 14.7. The molecule has 0 aliphatic heterocycles. The largest absolute Gasteiger partial charge is 0.386 e. The molecule has 0 fully saturated rings. The molecule has 8 heteroatoms. The van der Waals surface area contributed by atoms with E-state index in [1.165, 1.54) is 17.0 Å². The van der Waals surface area contributed by atoms with E-state index in [9.17, 15) is 10.1 Å². The number of aromatic nitrogens is 3. The molecule has 1 aromatic heterocycles. The maximum absolute atomic E-state index is 10.7. The van der Waals surface area contributed by atoms with Crippen molar-refractivity contribution < 1.29 is 9.76 Å². The van der Waals surface area contributed by atoms with Crippen LogP contribution in [0.4, 0.5) is 5.69 Å². The number of fused-ring (bicyclic) bond motifs is 1. The highest BCUT2D eigenvalue weighted by molar-refractivity contribution is 14.1. The van der Waals surface area contributed by atoms with Crippen LogP contribution in [0.5, 0.6) is 0 Å². The molecule has 22 heavy (non-hydrogen) atoms. The summed E-state index contributed by atoms with van der Waals surface area (Å²) >= 11 is 2.20. The molecule has 0 amide bonds. The summed E-state index contributed by atoms with van der Waals surface area (Å²) in [4.78, 5) is 17.5. The summed E-state index contributed by atoms with van der Waals surface area (Å²) in [5, 5.41) is 18.7. The third-order valence-electron chi connectivity index (χ3n) is 3.16. The van der Waals surface area contributed by atoms with Crippen LogP contribution in [0.1, 0.15) is 11.7 Å². The van der Waals surface area contributed by atoms with E-state index in [-0.39, 0.29) is 11.8 Å². The lowest BCUT2D eigenvalue weighted by Crippen LogP contribution is -2.20. The minimum atomic E-state index is -0.422. The van der Waals surface area contributed by atoms with Crippen LogP contribution < -0.4 is 4.84 Å². The van der Waals surface area contributed by atoms with Gasteiger partial charge < -0.3 is 4.84 Å². The molecular formula is C14H11IN4O3.